The van der Waals surface area contributed by atoms with Crippen LogP contribution in [0.1, 0.15) is 23.7 Å². The van der Waals surface area contributed by atoms with Crippen LogP contribution in [-0.4, -0.2) is 141 Å². The highest BCUT2D eigenvalue weighted by Crippen LogP contribution is 2.32. The van der Waals surface area contributed by atoms with Crippen molar-refractivity contribution in [2.24, 2.45) is 0 Å². The van der Waals surface area contributed by atoms with Crippen molar-refractivity contribution >= 4 is 23.7 Å². The molecule has 2 unspecified atom stereocenters. The molecular weight excluding hydrogens is 696 g/mol. The average Bonchev–Trinajstić information content (AvgIpc) is 3.11. The second-order valence-electron chi connectivity index (χ2n) is 14.6. The molecule has 54 heavy (non-hydrogen) atoms. The Hall–Kier alpha value is -5.12. The van der Waals surface area contributed by atoms with Crippen LogP contribution in [0, 0.1) is 11.6 Å². The summed E-state index contributed by atoms with van der Waals surface area (Å²) in [5.41, 5.74) is 1.01. The monoisotopic (exact) mass is 743 g/mol. The van der Waals surface area contributed by atoms with Gasteiger partial charge in [0.25, 0.3) is 0 Å². The zero-order chi connectivity index (χ0) is 38.1. The Labute approximate surface area is 314 Å². The molecule has 4 saturated heterocycles. The Morgan fingerprint density at radius 1 is 1.02 bits per heavy atom. The molecule has 0 bridgehead atoms. The molecule has 15 heteroatoms. The van der Waals surface area contributed by atoms with Gasteiger partial charge in [-0.1, -0.05) is 42.5 Å². The van der Waals surface area contributed by atoms with Crippen molar-refractivity contribution in [3.63, 3.8) is 0 Å². The quantitative estimate of drug-likeness (QED) is 0.303. The van der Waals surface area contributed by atoms with Gasteiger partial charge in [0.2, 0.25) is 11.8 Å². The molecule has 286 valence electrons. The van der Waals surface area contributed by atoms with E-state index in [9.17, 15) is 19.5 Å². The maximum atomic E-state index is 15.2. The fourth-order valence-corrected chi connectivity index (χ4v) is 8.15. The predicted molar refractivity (Wildman–Crippen MR) is 198 cm³/mol. The number of aromatic nitrogens is 1. The molecule has 0 spiro atoms. The number of nitrogens with zero attached hydrogens (tertiary/aromatic N) is 8. The number of carbonyl (C=O) groups is 3. The number of hydrogen-bond acceptors (Lipinski definition) is 9. The van der Waals surface area contributed by atoms with Gasteiger partial charge in [0, 0.05) is 82.0 Å². The summed E-state index contributed by atoms with van der Waals surface area (Å²) < 4.78 is 30.4. The van der Waals surface area contributed by atoms with Crippen LogP contribution in [0.2, 0.25) is 0 Å². The molecule has 0 saturated carbocycles. The van der Waals surface area contributed by atoms with Crippen molar-refractivity contribution in [1.82, 2.24) is 39.9 Å². The van der Waals surface area contributed by atoms with Crippen LogP contribution in [0.4, 0.5) is 19.4 Å². The van der Waals surface area contributed by atoms with Crippen molar-refractivity contribution in [1.29, 1.82) is 0 Å². The molecule has 4 aliphatic heterocycles. The Morgan fingerprint density at radius 2 is 1.76 bits per heavy atom. The molecule has 13 nitrogen and oxygen atoms in total. The fourth-order valence-electron chi connectivity index (χ4n) is 8.15. The van der Waals surface area contributed by atoms with E-state index in [-0.39, 0.29) is 32.7 Å². The summed E-state index contributed by atoms with van der Waals surface area (Å²) in [6, 6.07) is 15.6. The van der Waals surface area contributed by atoms with Crippen LogP contribution in [0.3, 0.4) is 0 Å². The van der Waals surface area contributed by atoms with Crippen LogP contribution in [0.15, 0.2) is 73.3 Å². The van der Waals surface area contributed by atoms with Crippen LogP contribution >= 0.6 is 0 Å². The second kappa shape index (κ2) is 15.7. The maximum Gasteiger partial charge on any atom is 0.334 e. The molecule has 7 rings (SSSR count). The largest absolute Gasteiger partial charge is 0.508 e. The molecule has 4 fully saturated rings. The lowest BCUT2D eigenvalue weighted by Crippen LogP contribution is -2.76. The minimum atomic E-state index is -1.36. The van der Waals surface area contributed by atoms with Crippen molar-refractivity contribution in [3.8, 4) is 5.75 Å². The Bertz CT molecular complexity index is 1860. The molecule has 0 radical (unpaired) electrons. The Morgan fingerprint density at radius 3 is 2.46 bits per heavy atom. The first-order valence-corrected chi connectivity index (χ1v) is 18.4. The van der Waals surface area contributed by atoms with E-state index < -0.39 is 59.4 Å². The molecule has 5 heterocycles. The van der Waals surface area contributed by atoms with Gasteiger partial charge >= 0.3 is 6.03 Å². The maximum absolute atomic E-state index is 15.2. The number of rotatable bonds is 10. The molecule has 1 aromatic heterocycles. The van der Waals surface area contributed by atoms with Crippen LogP contribution in [0.25, 0.3) is 0 Å². The van der Waals surface area contributed by atoms with Crippen molar-refractivity contribution < 1.29 is 28.3 Å². The number of piperazine rings is 2. The second-order valence-corrected chi connectivity index (χ2v) is 14.6. The van der Waals surface area contributed by atoms with Gasteiger partial charge in [-0.3, -0.25) is 14.5 Å². The standard InChI is InChI=1S/C39H47F2N9O4/c1-4-13-47-25-37(52)49-34(18-31-32(40)16-30(51)17-33(31)41)38(53)46(24-36(49)50(47)39(54)42-19-27-9-6-5-7-10-27)21-28-11-8-12-35(43-28)45-22-29(23-45)48-15-14-44(3)20-26(48)2/h4-12,16-17,26,29,34,36,51H,1,13-15,18-25H2,2-3H3,(H,42,54)/t26-,34?,36?/m0/s1. The normalized spacial score (nSPS) is 23.0. The Kier molecular flexibility index (Phi) is 10.8. The topological polar surface area (TPSA) is 119 Å². The summed E-state index contributed by atoms with van der Waals surface area (Å²) in [6.07, 6.45) is 0.0484. The van der Waals surface area contributed by atoms with Gasteiger partial charge < -0.3 is 30.0 Å². The number of nitrogens with one attached hydrogen (secondary N) is 1. The molecule has 0 aliphatic carbocycles. The third kappa shape index (κ3) is 7.61. The Balaban J connectivity index is 1.16. The van der Waals surface area contributed by atoms with Crippen LogP contribution < -0.4 is 10.2 Å². The number of aromatic hydroxyl groups is 1. The van der Waals surface area contributed by atoms with E-state index in [1.807, 2.05) is 48.5 Å². The molecule has 4 amide bonds. The molecular formula is C39H47F2N9O4. The first kappa shape index (κ1) is 37.2. The summed E-state index contributed by atoms with van der Waals surface area (Å²) in [4.78, 5) is 57.2. The average molecular weight is 744 g/mol. The van der Waals surface area contributed by atoms with E-state index in [0.717, 1.165) is 56.2 Å². The first-order valence-electron chi connectivity index (χ1n) is 18.4. The highest BCUT2D eigenvalue weighted by molar-refractivity contribution is 5.91. The first-order chi connectivity index (χ1) is 26.0. The van der Waals surface area contributed by atoms with Gasteiger partial charge in [0.15, 0.2) is 0 Å². The third-order valence-corrected chi connectivity index (χ3v) is 10.9. The summed E-state index contributed by atoms with van der Waals surface area (Å²) in [7, 11) is 2.15. The highest BCUT2D eigenvalue weighted by Gasteiger charge is 2.51. The molecule has 3 aromatic rings. The molecule has 2 aromatic carbocycles. The number of hydrazine groups is 1. The lowest BCUT2D eigenvalue weighted by atomic mass is 9.97. The SMILES string of the molecule is C=CCN1CC(=O)N2C(Cc3c(F)cc(O)cc3F)C(=O)N(Cc3cccc(N4CC(N5CCN(C)C[C@@H]5C)C4)n3)CC2N1C(=O)NCc1ccccc1. The number of carbonyl (C=O) groups excluding carboxylic acids is 3. The molecule has 4 aliphatic rings. The molecule has 2 N–H and O–H groups in total. The molecule has 3 atom stereocenters. The van der Waals surface area contributed by atoms with Gasteiger partial charge in [-0.2, -0.15) is 0 Å². The van der Waals surface area contributed by atoms with Crippen LogP contribution in [-0.2, 0) is 29.1 Å². The number of pyridine rings is 1. The van der Waals surface area contributed by atoms with E-state index in [1.165, 1.54) is 14.8 Å². The predicted octanol–water partition coefficient (Wildman–Crippen LogP) is 2.63. The van der Waals surface area contributed by atoms with Gasteiger partial charge in [0.1, 0.15) is 35.4 Å². The third-order valence-electron chi connectivity index (χ3n) is 10.9. The highest BCUT2D eigenvalue weighted by atomic mass is 19.1. The van der Waals surface area contributed by atoms with Gasteiger partial charge in [-0.15, -0.1) is 6.58 Å². The summed E-state index contributed by atoms with van der Waals surface area (Å²) in [5.74, 6) is -2.92. The van der Waals surface area contributed by atoms with E-state index >= 15 is 8.78 Å². The number of anilines is 1. The van der Waals surface area contributed by atoms with Gasteiger partial charge in [0.05, 0.1) is 25.3 Å². The summed E-state index contributed by atoms with van der Waals surface area (Å²) >= 11 is 0. The number of halogens is 2. The number of likely N-dealkylation sites (N-methyl/N-ethyl adjacent to an activating group) is 1. The number of amides is 4. The van der Waals surface area contributed by atoms with E-state index in [2.05, 4.69) is 40.6 Å². The minimum Gasteiger partial charge on any atom is -0.508 e. The number of urea groups is 1. The van der Waals surface area contributed by atoms with Crippen molar-refractivity contribution in [2.45, 2.75) is 50.7 Å². The number of phenols is 1. The number of hydrogen-bond donors (Lipinski definition) is 2. The van der Waals surface area contributed by atoms with Crippen molar-refractivity contribution in [2.75, 3.05) is 64.3 Å². The lowest BCUT2D eigenvalue weighted by molar-refractivity contribution is -0.189. The summed E-state index contributed by atoms with van der Waals surface area (Å²) in [6.45, 7) is 10.9. The van der Waals surface area contributed by atoms with Gasteiger partial charge in [-0.25, -0.2) is 28.6 Å². The van der Waals surface area contributed by atoms with E-state index in [0.29, 0.717) is 17.8 Å². The minimum absolute atomic E-state index is 0.0376. The zero-order valence-electron chi connectivity index (χ0n) is 30.7. The summed E-state index contributed by atoms with van der Waals surface area (Å²) in [5, 5.41) is 15.7. The smallest absolute Gasteiger partial charge is 0.334 e. The zero-order valence-corrected chi connectivity index (χ0v) is 30.7. The fraction of sp³-hybridized carbons (Fsp3) is 0.436. The van der Waals surface area contributed by atoms with Gasteiger partial charge in [-0.05, 0) is 31.7 Å². The van der Waals surface area contributed by atoms with Crippen molar-refractivity contribution in [3.05, 3.63) is 102 Å². The van der Waals surface area contributed by atoms with E-state index in [1.54, 1.807) is 11.1 Å². The van der Waals surface area contributed by atoms with E-state index in [4.69, 9.17) is 4.98 Å². The number of fused-ring (bicyclic) bond motifs is 1. The number of benzene rings is 2. The number of phenolic OH excluding ortho intramolecular Hbond substituents is 1. The van der Waals surface area contributed by atoms with Crippen LogP contribution in [0.5, 0.6) is 5.75 Å². The lowest BCUT2D eigenvalue weighted by Gasteiger charge is -2.55.